The lowest BCUT2D eigenvalue weighted by molar-refractivity contribution is 0.0696. The standard InChI is InChI=1S/C15H16N2O3/c1-10(2)17-8-4-7-13(17)14(18)16-12-6-3-5-11(9-12)15(19)20/h3-10H,1-2H3,(H,16,18)(H,19,20). The minimum absolute atomic E-state index is 0.141. The van der Waals surface area contributed by atoms with Crippen molar-refractivity contribution in [1.82, 2.24) is 4.57 Å². The average molecular weight is 272 g/mol. The van der Waals surface area contributed by atoms with E-state index in [0.29, 0.717) is 11.4 Å². The van der Waals surface area contributed by atoms with Gasteiger partial charge in [0.2, 0.25) is 0 Å². The van der Waals surface area contributed by atoms with Crippen LogP contribution in [0.2, 0.25) is 0 Å². The van der Waals surface area contributed by atoms with Crippen LogP contribution in [0.5, 0.6) is 0 Å². The molecule has 0 aliphatic heterocycles. The lowest BCUT2D eigenvalue weighted by atomic mass is 10.2. The van der Waals surface area contributed by atoms with Crippen LogP contribution in [0.4, 0.5) is 5.69 Å². The summed E-state index contributed by atoms with van der Waals surface area (Å²) in [6, 6.07) is 9.89. The molecule has 104 valence electrons. The van der Waals surface area contributed by atoms with Gasteiger partial charge in [0.15, 0.2) is 0 Å². The minimum atomic E-state index is -1.02. The van der Waals surface area contributed by atoms with Gasteiger partial charge in [0.25, 0.3) is 5.91 Å². The van der Waals surface area contributed by atoms with E-state index in [4.69, 9.17) is 5.11 Å². The second-order valence-corrected chi connectivity index (χ2v) is 4.73. The summed E-state index contributed by atoms with van der Waals surface area (Å²) < 4.78 is 1.86. The normalized spacial score (nSPS) is 10.6. The fourth-order valence-corrected chi connectivity index (χ4v) is 1.96. The first-order valence-corrected chi connectivity index (χ1v) is 6.30. The maximum Gasteiger partial charge on any atom is 0.335 e. The van der Waals surface area contributed by atoms with E-state index in [1.807, 2.05) is 30.7 Å². The zero-order valence-electron chi connectivity index (χ0n) is 11.3. The molecule has 0 saturated heterocycles. The van der Waals surface area contributed by atoms with Crippen molar-refractivity contribution in [3.63, 3.8) is 0 Å². The van der Waals surface area contributed by atoms with E-state index in [9.17, 15) is 9.59 Å². The number of nitrogens with one attached hydrogen (secondary N) is 1. The van der Waals surface area contributed by atoms with Crippen LogP contribution >= 0.6 is 0 Å². The third kappa shape index (κ3) is 2.88. The minimum Gasteiger partial charge on any atom is -0.478 e. The molecule has 0 fully saturated rings. The van der Waals surface area contributed by atoms with Crippen LogP contribution in [0.1, 0.15) is 40.7 Å². The van der Waals surface area contributed by atoms with Crippen molar-refractivity contribution in [2.45, 2.75) is 19.9 Å². The number of hydrogen-bond donors (Lipinski definition) is 2. The van der Waals surface area contributed by atoms with Gasteiger partial charge < -0.3 is 15.0 Å². The number of amides is 1. The summed E-state index contributed by atoms with van der Waals surface area (Å²) in [4.78, 5) is 23.1. The predicted molar refractivity (Wildman–Crippen MR) is 76.2 cm³/mol. The summed E-state index contributed by atoms with van der Waals surface area (Å²) in [5.41, 5.74) is 1.15. The van der Waals surface area contributed by atoms with Crippen LogP contribution in [0.3, 0.4) is 0 Å². The molecule has 2 rings (SSSR count). The summed E-state index contributed by atoms with van der Waals surface area (Å²) in [7, 11) is 0. The number of rotatable bonds is 4. The topological polar surface area (TPSA) is 71.3 Å². The maximum absolute atomic E-state index is 12.2. The Balaban J connectivity index is 2.21. The third-order valence-electron chi connectivity index (χ3n) is 2.94. The monoisotopic (exact) mass is 272 g/mol. The Kier molecular flexibility index (Phi) is 3.89. The fraction of sp³-hybridized carbons (Fsp3) is 0.200. The Morgan fingerprint density at radius 1 is 1.20 bits per heavy atom. The van der Waals surface area contributed by atoms with Crippen LogP contribution in [-0.2, 0) is 0 Å². The van der Waals surface area contributed by atoms with Gasteiger partial charge in [-0.25, -0.2) is 4.79 Å². The highest BCUT2D eigenvalue weighted by molar-refractivity contribution is 6.03. The van der Waals surface area contributed by atoms with Crippen LogP contribution in [0.15, 0.2) is 42.6 Å². The number of carbonyl (C=O) groups is 2. The van der Waals surface area contributed by atoms with Crippen LogP contribution in [0, 0.1) is 0 Å². The van der Waals surface area contributed by atoms with Crippen LogP contribution in [0.25, 0.3) is 0 Å². The maximum atomic E-state index is 12.2. The molecule has 2 aromatic rings. The van der Waals surface area contributed by atoms with Crippen molar-refractivity contribution in [2.75, 3.05) is 5.32 Å². The Morgan fingerprint density at radius 3 is 2.60 bits per heavy atom. The van der Waals surface area contributed by atoms with Gasteiger partial charge >= 0.3 is 5.97 Å². The van der Waals surface area contributed by atoms with Crippen LogP contribution in [-0.4, -0.2) is 21.6 Å². The van der Waals surface area contributed by atoms with E-state index in [0.717, 1.165) is 0 Å². The quantitative estimate of drug-likeness (QED) is 0.898. The summed E-state index contributed by atoms with van der Waals surface area (Å²) in [5.74, 6) is -1.28. The van der Waals surface area contributed by atoms with Crippen molar-refractivity contribution >= 4 is 17.6 Å². The van der Waals surface area contributed by atoms with Crippen LogP contribution < -0.4 is 5.32 Å². The summed E-state index contributed by atoms with van der Waals surface area (Å²) in [6.07, 6.45) is 1.84. The molecule has 1 heterocycles. The van der Waals surface area contributed by atoms with Gasteiger partial charge in [-0.3, -0.25) is 4.79 Å². The molecule has 20 heavy (non-hydrogen) atoms. The number of aromatic nitrogens is 1. The van der Waals surface area contributed by atoms with Gasteiger partial charge in [-0.1, -0.05) is 6.07 Å². The molecular weight excluding hydrogens is 256 g/mol. The zero-order valence-corrected chi connectivity index (χ0v) is 11.3. The molecule has 0 spiro atoms. The Hall–Kier alpha value is -2.56. The number of anilines is 1. The van der Waals surface area contributed by atoms with E-state index in [2.05, 4.69) is 5.32 Å². The van der Waals surface area contributed by atoms with E-state index in [1.54, 1.807) is 18.2 Å². The zero-order chi connectivity index (χ0) is 14.7. The molecule has 1 aromatic heterocycles. The molecule has 0 radical (unpaired) electrons. The first-order chi connectivity index (χ1) is 9.49. The summed E-state index contributed by atoms with van der Waals surface area (Å²) >= 11 is 0. The van der Waals surface area contributed by atoms with Crippen molar-refractivity contribution in [3.05, 3.63) is 53.9 Å². The molecule has 1 aromatic carbocycles. The van der Waals surface area contributed by atoms with Gasteiger partial charge in [-0.15, -0.1) is 0 Å². The van der Waals surface area contributed by atoms with E-state index < -0.39 is 5.97 Å². The molecule has 5 heteroatoms. The number of carboxylic acid groups (broad SMARTS) is 1. The molecule has 5 nitrogen and oxygen atoms in total. The molecular formula is C15H16N2O3. The molecule has 0 atom stereocenters. The van der Waals surface area contributed by atoms with E-state index >= 15 is 0 Å². The first-order valence-electron chi connectivity index (χ1n) is 6.30. The van der Waals surface area contributed by atoms with Gasteiger partial charge in [-0.05, 0) is 44.2 Å². The smallest absolute Gasteiger partial charge is 0.335 e. The molecule has 0 saturated carbocycles. The fourth-order valence-electron chi connectivity index (χ4n) is 1.96. The number of hydrogen-bond acceptors (Lipinski definition) is 2. The lowest BCUT2D eigenvalue weighted by Crippen LogP contribution is -2.18. The second kappa shape index (κ2) is 5.61. The van der Waals surface area contributed by atoms with Gasteiger partial charge in [0, 0.05) is 17.9 Å². The SMILES string of the molecule is CC(C)n1cccc1C(=O)Nc1cccc(C(=O)O)c1. The third-order valence-corrected chi connectivity index (χ3v) is 2.94. The van der Waals surface area contributed by atoms with Crippen molar-refractivity contribution in [1.29, 1.82) is 0 Å². The second-order valence-electron chi connectivity index (χ2n) is 4.73. The van der Waals surface area contributed by atoms with Gasteiger partial charge in [-0.2, -0.15) is 0 Å². The number of benzene rings is 1. The van der Waals surface area contributed by atoms with Gasteiger partial charge in [0.1, 0.15) is 5.69 Å². The van der Waals surface area contributed by atoms with Crippen molar-refractivity contribution < 1.29 is 14.7 Å². The Morgan fingerprint density at radius 2 is 1.95 bits per heavy atom. The summed E-state index contributed by atoms with van der Waals surface area (Å²) in [5, 5.41) is 11.6. The highest BCUT2D eigenvalue weighted by Crippen LogP contribution is 2.15. The lowest BCUT2D eigenvalue weighted by Gasteiger charge is -2.13. The van der Waals surface area contributed by atoms with E-state index in [-0.39, 0.29) is 17.5 Å². The summed E-state index contributed by atoms with van der Waals surface area (Å²) in [6.45, 7) is 3.98. The Bertz CT molecular complexity index is 644. The Labute approximate surface area is 116 Å². The highest BCUT2D eigenvalue weighted by atomic mass is 16.4. The average Bonchev–Trinajstić information content (AvgIpc) is 2.88. The predicted octanol–water partition coefficient (Wildman–Crippen LogP) is 3.02. The van der Waals surface area contributed by atoms with Gasteiger partial charge in [0.05, 0.1) is 5.56 Å². The largest absolute Gasteiger partial charge is 0.478 e. The number of carboxylic acids is 1. The molecule has 0 bridgehead atoms. The molecule has 0 unspecified atom stereocenters. The van der Waals surface area contributed by atoms with E-state index in [1.165, 1.54) is 12.1 Å². The van der Waals surface area contributed by atoms with Crippen molar-refractivity contribution in [3.8, 4) is 0 Å². The molecule has 0 aliphatic rings. The molecule has 2 N–H and O–H groups in total. The molecule has 0 aliphatic carbocycles. The number of aromatic carboxylic acids is 1. The number of carbonyl (C=O) groups excluding carboxylic acids is 1. The van der Waals surface area contributed by atoms with Crippen molar-refractivity contribution in [2.24, 2.45) is 0 Å². The highest BCUT2D eigenvalue weighted by Gasteiger charge is 2.13. The number of nitrogens with zero attached hydrogens (tertiary/aromatic N) is 1. The first kappa shape index (κ1) is 13.9. The molecule has 1 amide bonds.